The molecule has 2 N–H and O–H groups in total. The maximum absolute atomic E-state index is 12.6. The number of β-amino-alcohol motifs (C(OH)–C–C–N with tert-alkyl or cyclic N) is 1. The van der Waals surface area contributed by atoms with Crippen LogP contribution in [0, 0.1) is 12.8 Å². The smallest absolute Gasteiger partial charge is 0.270 e. The van der Waals surface area contributed by atoms with Gasteiger partial charge in [0.05, 0.1) is 6.10 Å². The minimum Gasteiger partial charge on any atom is -0.396 e. The Hall–Kier alpha value is -2.25. The van der Waals surface area contributed by atoms with E-state index in [0.29, 0.717) is 24.3 Å². The minimum atomic E-state index is -0.782. The fourth-order valence-corrected chi connectivity index (χ4v) is 2.97. The molecule has 3 rings (SSSR count). The summed E-state index contributed by atoms with van der Waals surface area (Å²) in [6.07, 6.45) is 1.02. The molecule has 0 radical (unpaired) electrons. The number of carbonyl (C=O) groups is 1. The average Bonchev–Trinajstić information content (AvgIpc) is 2.54. The number of aryl methyl sites for hydroxylation is 1. The van der Waals surface area contributed by atoms with E-state index in [1.165, 1.54) is 15.5 Å². The maximum atomic E-state index is 12.6. The summed E-state index contributed by atoms with van der Waals surface area (Å²) in [6.45, 7) is 2.18. The first-order chi connectivity index (χ1) is 11.0. The number of hydrogen-bond donors (Lipinski definition) is 2. The third-order valence-corrected chi connectivity index (χ3v) is 4.40. The highest BCUT2D eigenvalue weighted by Gasteiger charge is 2.31. The van der Waals surface area contributed by atoms with Crippen LogP contribution in [0.2, 0.25) is 0 Å². The largest absolute Gasteiger partial charge is 0.396 e. The Balaban J connectivity index is 1.95. The Kier molecular flexibility index (Phi) is 4.14. The Morgan fingerprint density at radius 3 is 2.91 bits per heavy atom. The third kappa shape index (κ3) is 2.73. The summed E-state index contributed by atoms with van der Waals surface area (Å²) < 4.78 is 1.41. The molecule has 0 spiro atoms. The van der Waals surface area contributed by atoms with Crippen LogP contribution in [0.25, 0.3) is 5.65 Å². The average molecular weight is 317 g/mol. The lowest BCUT2D eigenvalue weighted by atomic mass is 9.94. The van der Waals surface area contributed by atoms with Gasteiger partial charge in [0, 0.05) is 37.5 Å². The molecule has 2 aromatic heterocycles. The van der Waals surface area contributed by atoms with Crippen LogP contribution < -0.4 is 5.56 Å². The molecule has 7 nitrogen and oxygen atoms in total. The fraction of sp³-hybridized carbons (Fsp3) is 0.438. The second-order valence-corrected chi connectivity index (χ2v) is 5.89. The summed E-state index contributed by atoms with van der Waals surface area (Å²) in [4.78, 5) is 30.8. The van der Waals surface area contributed by atoms with E-state index in [4.69, 9.17) is 5.11 Å². The molecule has 0 saturated carbocycles. The van der Waals surface area contributed by atoms with Crippen LogP contribution in [-0.2, 0) is 0 Å². The molecule has 2 aromatic rings. The fourth-order valence-electron chi connectivity index (χ4n) is 2.97. The third-order valence-electron chi connectivity index (χ3n) is 4.40. The van der Waals surface area contributed by atoms with Crippen molar-refractivity contribution in [3.63, 3.8) is 0 Å². The topological polar surface area (TPSA) is 95.1 Å². The van der Waals surface area contributed by atoms with Crippen molar-refractivity contribution in [1.82, 2.24) is 14.3 Å². The van der Waals surface area contributed by atoms with E-state index in [9.17, 15) is 14.7 Å². The van der Waals surface area contributed by atoms with Gasteiger partial charge < -0.3 is 15.1 Å². The number of amides is 1. The molecule has 3 heterocycles. The van der Waals surface area contributed by atoms with Crippen molar-refractivity contribution in [2.75, 3.05) is 19.7 Å². The molecule has 1 aliphatic heterocycles. The van der Waals surface area contributed by atoms with Crippen LogP contribution >= 0.6 is 0 Å². The first kappa shape index (κ1) is 15.6. The number of hydrogen-bond acceptors (Lipinski definition) is 5. The summed E-state index contributed by atoms with van der Waals surface area (Å²) in [5, 5.41) is 19.1. The molecule has 122 valence electrons. The Morgan fingerprint density at radius 2 is 2.22 bits per heavy atom. The van der Waals surface area contributed by atoms with E-state index in [1.54, 1.807) is 25.1 Å². The number of aromatic nitrogens is 2. The van der Waals surface area contributed by atoms with Crippen molar-refractivity contribution in [2.45, 2.75) is 19.4 Å². The van der Waals surface area contributed by atoms with Gasteiger partial charge in [-0.05, 0) is 25.5 Å². The summed E-state index contributed by atoms with van der Waals surface area (Å²) >= 11 is 0. The van der Waals surface area contributed by atoms with Crippen molar-refractivity contribution < 1.29 is 15.0 Å². The second kappa shape index (κ2) is 6.10. The molecule has 7 heteroatoms. The summed E-state index contributed by atoms with van der Waals surface area (Å²) in [7, 11) is 0. The van der Waals surface area contributed by atoms with Crippen LogP contribution in [-0.4, -0.2) is 56.2 Å². The number of likely N-dealkylation sites (tertiary alicyclic amines) is 1. The van der Waals surface area contributed by atoms with Crippen molar-refractivity contribution in [1.29, 1.82) is 0 Å². The molecule has 0 unspecified atom stereocenters. The predicted octanol–water partition coefficient (Wildman–Crippen LogP) is -0.182. The molecular formula is C16H19N3O4. The molecule has 23 heavy (non-hydrogen) atoms. The van der Waals surface area contributed by atoms with Crippen LogP contribution in [0.5, 0.6) is 0 Å². The summed E-state index contributed by atoms with van der Waals surface area (Å²) in [6, 6.07) is 5.29. The van der Waals surface area contributed by atoms with E-state index in [2.05, 4.69) is 4.98 Å². The van der Waals surface area contributed by atoms with Crippen molar-refractivity contribution in [3.8, 4) is 0 Å². The lowest BCUT2D eigenvalue weighted by Gasteiger charge is -2.34. The van der Waals surface area contributed by atoms with E-state index in [-0.39, 0.29) is 24.6 Å². The highest BCUT2D eigenvalue weighted by molar-refractivity contribution is 5.93. The zero-order chi connectivity index (χ0) is 16.6. The number of pyridine rings is 1. The van der Waals surface area contributed by atoms with Crippen LogP contribution in [0.15, 0.2) is 29.2 Å². The van der Waals surface area contributed by atoms with E-state index in [0.717, 1.165) is 0 Å². The summed E-state index contributed by atoms with van der Waals surface area (Å²) in [5.74, 6) is -0.660. The van der Waals surface area contributed by atoms with E-state index >= 15 is 0 Å². The van der Waals surface area contributed by atoms with Gasteiger partial charge in [-0.1, -0.05) is 6.07 Å². The Labute approximate surface area is 132 Å². The number of aliphatic hydroxyl groups excluding tert-OH is 2. The number of carbonyl (C=O) groups excluding carboxylic acids is 1. The van der Waals surface area contributed by atoms with Gasteiger partial charge in [0.25, 0.3) is 11.5 Å². The Bertz CT molecular complexity index is 802. The molecule has 0 aromatic carbocycles. The lowest BCUT2D eigenvalue weighted by molar-refractivity contribution is 0.000782. The van der Waals surface area contributed by atoms with Gasteiger partial charge in [-0.15, -0.1) is 0 Å². The highest BCUT2D eigenvalue weighted by atomic mass is 16.3. The molecular weight excluding hydrogens is 298 g/mol. The van der Waals surface area contributed by atoms with Crippen molar-refractivity contribution >= 4 is 11.6 Å². The second-order valence-electron chi connectivity index (χ2n) is 5.89. The highest BCUT2D eigenvalue weighted by Crippen LogP contribution is 2.18. The van der Waals surface area contributed by atoms with Crippen molar-refractivity contribution in [3.05, 3.63) is 46.0 Å². The lowest BCUT2D eigenvalue weighted by Crippen LogP contribution is -2.48. The molecule has 1 amide bonds. The SMILES string of the molecule is Cc1cccc2ncc(C(=O)N3CC[C@@H](CO)[C@H](O)C3)c(=O)n12. The number of aliphatic hydroxyl groups is 2. The van der Waals surface area contributed by atoms with Crippen LogP contribution in [0.4, 0.5) is 0 Å². The monoisotopic (exact) mass is 317 g/mol. The van der Waals surface area contributed by atoms with Gasteiger partial charge in [0.15, 0.2) is 0 Å². The quantitative estimate of drug-likeness (QED) is 0.801. The molecule has 1 fully saturated rings. The maximum Gasteiger partial charge on any atom is 0.270 e. The van der Waals surface area contributed by atoms with Gasteiger partial charge in [0.2, 0.25) is 0 Å². The van der Waals surface area contributed by atoms with Crippen LogP contribution in [0.1, 0.15) is 22.5 Å². The molecule has 1 saturated heterocycles. The minimum absolute atomic E-state index is 0.00792. The van der Waals surface area contributed by atoms with Gasteiger partial charge >= 0.3 is 0 Å². The molecule has 0 aliphatic carbocycles. The van der Waals surface area contributed by atoms with Gasteiger partial charge in [0.1, 0.15) is 11.2 Å². The number of fused-ring (bicyclic) bond motifs is 1. The summed E-state index contributed by atoms with van der Waals surface area (Å²) in [5.41, 5.74) is 0.780. The molecule has 2 atom stereocenters. The van der Waals surface area contributed by atoms with Gasteiger partial charge in [-0.25, -0.2) is 4.98 Å². The Morgan fingerprint density at radius 1 is 1.43 bits per heavy atom. The molecule has 1 aliphatic rings. The predicted molar refractivity (Wildman–Crippen MR) is 83.3 cm³/mol. The number of piperidine rings is 1. The van der Waals surface area contributed by atoms with E-state index in [1.807, 2.05) is 0 Å². The number of rotatable bonds is 2. The first-order valence-corrected chi connectivity index (χ1v) is 7.58. The number of nitrogens with zero attached hydrogens (tertiary/aromatic N) is 3. The van der Waals surface area contributed by atoms with Gasteiger partial charge in [-0.3, -0.25) is 14.0 Å². The first-order valence-electron chi connectivity index (χ1n) is 7.58. The van der Waals surface area contributed by atoms with Crippen molar-refractivity contribution in [2.24, 2.45) is 5.92 Å². The standard InChI is InChI=1S/C16H19N3O4/c1-10-3-2-4-14-17-7-12(16(23)19(10)14)15(22)18-6-5-11(9-20)13(21)8-18/h2-4,7,11,13,20-21H,5-6,8-9H2,1H3/t11-,13+/m0/s1. The zero-order valence-electron chi connectivity index (χ0n) is 12.8. The normalized spacial score (nSPS) is 21.6. The zero-order valence-corrected chi connectivity index (χ0v) is 12.8. The van der Waals surface area contributed by atoms with Crippen LogP contribution in [0.3, 0.4) is 0 Å². The molecule has 0 bridgehead atoms. The van der Waals surface area contributed by atoms with Gasteiger partial charge in [-0.2, -0.15) is 0 Å². The van der Waals surface area contributed by atoms with E-state index < -0.39 is 17.6 Å².